The van der Waals surface area contributed by atoms with Crippen LogP contribution in [0.5, 0.6) is 5.75 Å². The molecular formula is C18H18N2O4S. The Morgan fingerprint density at radius 3 is 2.80 bits per heavy atom. The predicted octanol–water partition coefficient (Wildman–Crippen LogP) is 3.00. The molecule has 0 aliphatic rings. The van der Waals surface area contributed by atoms with Crippen molar-refractivity contribution in [3.05, 3.63) is 57.0 Å². The molecule has 0 aliphatic heterocycles. The van der Waals surface area contributed by atoms with Crippen LogP contribution in [0, 0.1) is 6.92 Å². The first kappa shape index (κ1) is 17.2. The summed E-state index contributed by atoms with van der Waals surface area (Å²) >= 11 is 1.19. The molecular weight excluding hydrogens is 340 g/mol. The molecule has 3 rings (SSSR count). The normalized spacial score (nSPS) is 10.8. The quantitative estimate of drug-likeness (QED) is 0.656. The van der Waals surface area contributed by atoms with Gasteiger partial charge in [0.25, 0.3) is 5.56 Å². The highest BCUT2D eigenvalue weighted by atomic mass is 32.1. The Morgan fingerprint density at radius 2 is 2.08 bits per heavy atom. The van der Waals surface area contributed by atoms with Gasteiger partial charge in [0, 0.05) is 5.56 Å². The van der Waals surface area contributed by atoms with Gasteiger partial charge in [-0.3, -0.25) is 9.36 Å². The Balaban J connectivity index is 2.07. The van der Waals surface area contributed by atoms with Crippen molar-refractivity contribution in [1.82, 2.24) is 9.55 Å². The molecule has 0 radical (unpaired) electrons. The third-order valence-electron chi connectivity index (χ3n) is 3.91. The number of aromatic nitrogens is 2. The van der Waals surface area contributed by atoms with Crippen LogP contribution in [0.1, 0.15) is 27.7 Å². The van der Waals surface area contributed by atoms with Gasteiger partial charge in [0.15, 0.2) is 0 Å². The smallest absolute Gasteiger partial charge is 0.348 e. The number of hydrogen-bond donors (Lipinski definition) is 0. The van der Waals surface area contributed by atoms with Gasteiger partial charge in [0.2, 0.25) is 0 Å². The van der Waals surface area contributed by atoms with Gasteiger partial charge in [-0.15, -0.1) is 11.3 Å². The van der Waals surface area contributed by atoms with E-state index >= 15 is 0 Å². The molecule has 0 aliphatic carbocycles. The monoisotopic (exact) mass is 358 g/mol. The van der Waals surface area contributed by atoms with E-state index in [1.807, 2.05) is 24.3 Å². The average Bonchev–Trinajstić information content (AvgIpc) is 2.95. The summed E-state index contributed by atoms with van der Waals surface area (Å²) in [5.41, 5.74) is 1.32. The Labute approximate surface area is 148 Å². The number of esters is 1. The fraction of sp³-hybridized carbons (Fsp3) is 0.278. The van der Waals surface area contributed by atoms with Crippen molar-refractivity contribution in [2.75, 3.05) is 13.7 Å². The molecule has 2 heterocycles. The summed E-state index contributed by atoms with van der Waals surface area (Å²) in [5.74, 6) is 0.294. The molecule has 6 nitrogen and oxygen atoms in total. The molecule has 0 N–H and O–H groups in total. The number of methoxy groups -OCH3 is 1. The maximum Gasteiger partial charge on any atom is 0.348 e. The highest BCUT2D eigenvalue weighted by Crippen LogP contribution is 2.27. The molecule has 0 bridgehead atoms. The van der Waals surface area contributed by atoms with Crippen LogP contribution in [0.2, 0.25) is 0 Å². The van der Waals surface area contributed by atoms with E-state index in [0.29, 0.717) is 33.0 Å². The van der Waals surface area contributed by atoms with Crippen molar-refractivity contribution in [3.63, 3.8) is 0 Å². The van der Waals surface area contributed by atoms with Gasteiger partial charge in [0.05, 0.1) is 32.0 Å². The minimum absolute atomic E-state index is 0.180. The second-order valence-electron chi connectivity index (χ2n) is 5.45. The van der Waals surface area contributed by atoms with Crippen molar-refractivity contribution >= 4 is 27.5 Å². The van der Waals surface area contributed by atoms with Crippen LogP contribution in [0.25, 0.3) is 10.2 Å². The molecule has 0 saturated heterocycles. The molecule has 0 spiro atoms. The molecule has 2 aromatic heterocycles. The SMILES string of the molecule is CCOC(=O)c1sc2ncn(Cc3ccccc3OC)c(=O)c2c1C. The van der Waals surface area contributed by atoms with Gasteiger partial charge < -0.3 is 9.47 Å². The number of hydrogen-bond acceptors (Lipinski definition) is 6. The molecule has 130 valence electrons. The number of carbonyl (C=O) groups is 1. The molecule has 3 aromatic rings. The number of benzene rings is 1. The number of aryl methyl sites for hydroxylation is 1. The first-order chi connectivity index (χ1) is 12.1. The third-order valence-corrected chi connectivity index (χ3v) is 5.09. The highest BCUT2D eigenvalue weighted by Gasteiger charge is 2.20. The summed E-state index contributed by atoms with van der Waals surface area (Å²) < 4.78 is 11.9. The number of para-hydroxylation sites is 1. The summed E-state index contributed by atoms with van der Waals surface area (Å²) in [6.07, 6.45) is 1.50. The summed E-state index contributed by atoms with van der Waals surface area (Å²) in [5, 5.41) is 0.463. The Morgan fingerprint density at radius 1 is 1.32 bits per heavy atom. The first-order valence-electron chi connectivity index (χ1n) is 7.84. The second-order valence-corrected chi connectivity index (χ2v) is 6.45. The Bertz CT molecular complexity index is 990. The van der Waals surface area contributed by atoms with E-state index in [-0.39, 0.29) is 12.2 Å². The summed E-state index contributed by atoms with van der Waals surface area (Å²) in [7, 11) is 1.59. The number of rotatable bonds is 5. The summed E-state index contributed by atoms with van der Waals surface area (Å²) in [6, 6.07) is 7.52. The summed E-state index contributed by atoms with van der Waals surface area (Å²) in [4.78, 5) is 30.2. The molecule has 25 heavy (non-hydrogen) atoms. The van der Waals surface area contributed by atoms with Crippen LogP contribution >= 0.6 is 11.3 Å². The topological polar surface area (TPSA) is 70.4 Å². The van der Waals surface area contributed by atoms with Crippen molar-refractivity contribution < 1.29 is 14.3 Å². The maximum atomic E-state index is 12.9. The van der Waals surface area contributed by atoms with E-state index in [1.54, 1.807) is 21.0 Å². The number of nitrogens with zero attached hydrogens (tertiary/aromatic N) is 2. The highest BCUT2D eigenvalue weighted by molar-refractivity contribution is 7.20. The van der Waals surface area contributed by atoms with Crippen molar-refractivity contribution in [1.29, 1.82) is 0 Å². The molecule has 1 aromatic carbocycles. The molecule has 0 amide bonds. The van der Waals surface area contributed by atoms with E-state index in [0.717, 1.165) is 5.56 Å². The van der Waals surface area contributed by atoms with Gasteiger partial charge in [-0.05, 0) is 25.5 Å². The van der Waals surface area contributed by atoms with Crippen LogP contribution in [-0.2, 0) is 11.3 Å². The minimum Gasteiger partial charge on any atom is -0.496 e. The molecule has 0 fully saturated rings. The van der Waals surface area contributed by atoms with E-state index in [4.69, 9.17) is 9.47 Å². The molecule has 7 heteroatoms. The fourth-order valence-electron chi connectivity index (χ4n) is 2.68. The Kier molecular flexibility index (Phi) is 4.85. The first-order valence-corrected chi connectivity index (χ1v) is 8.66. The lowest BCUT2D eigenvalue weighted by molar-refractivity contribution is 0.0531. The van der Waals surface area contributed by atoms with E-state index in [1.165, 1.54) is 22.2 Å². The standard InChI is InChI=1S/C18H18N2O4S/c1-4-24-18(22)15-11(2)14-16(25-15)19-10-20(17(14)21)9-12-7-5-6-8-13(12)23-3/h5-8,10H,4,9H2,1-3H3. The third kappa shape index (κ3) is 3.15. The van der Waals surface area contributed by atoms with E-state index < -0.39 is 5.97 Å². The van der Waals surface area contributed by atoms with Gasteiger partial charge in [-0.25, -0.2) is 9.78 Å². The van der Waals surface area contributed by atoms with Crippen molar-refractivity contribution in [2.45, 2.75) is 20.4 Å². The largest absolute Gasteiger partial charge is 0.496 e. The fourth-order valence-corrected chi connectivity index (χ4v) is 3.71. The van der Waals surface area contributed by atoms with E-state index in [9.17, 15) is 9.59 Å². The number of ether oxygens (including phenoxy) is 2. The lowest BCUT2D eigenvalue weighted by atomic mass is 10.2. The van der Waals surface area contributed by atoms with Gasteiger partial charge >= 0.3 is 5.97 Å². The van der Waals surface area contributed by atoms with Crippen LogP contribution in [0.15, 0.2) is 35.4 Å². The molecule has 0 saturated carbocycles. The lowest BCUT2D eigenvalue weighted by Crippen LogP contribution is -2.21. The van der Waals surface area contributed by atoms with E-state index in [2.05, 4.69) is 4.98 Å². The Hall–Kier alpha value is -2.67. The van der Waals surface area contributed by atoms with Gasteiger partial charge in [0.1, 0.15) is 15.5 Å². The average molecular weight is 358 g/mol. The summed E-state index contributed by atoms with van der Waals surface area (Å²) in [6.45, 7) is 4.13. The number of thiophene rings is 1. The second kappa shape index (κ2) is 7.06. The zero-order valence-electron chi connectivity index (χ0n) is 14.2. The van der Waals surface area contributed by atoms with Gasteiger partial charge in [-0.2, -0.15) is 0 Å². The number of carbonyl (C=O) groups excluding carboxylic acids is 1. The van der Waals surface area contributed by atoms with Crippen LogP contribution < -0.4 is 10.3 Å². The van der Waals surface area contributed by atoms with Gasteiger partial charge in [-0.1, -0.05) is 18.2 Å². The van der Waals surface area contributed by atoms with Crippen LogP contribution in [0.3, 0.4) is 0 Å². The zero-order valence-corrected chi connectivity index (χ0v) is 15.1. The molecule has 0 unspecified atom stereocenters. The van der Waals surface area contributed by atoms with Crippen LogP contribution in [0.4, 0.5) is 0 Å². The predicted molar refractivity (Wildman–Crippen MR) is 96.7 cm³/mol. The van der Waals surface area contributed by atoms with Crippen LogP contribution in [-0.4, -0.2) is 29.2 Å². The zero-order chi connectivity index (χ0) is 18.0. The van der Waals surface area contributed by atoms with Crippen molar-refractivity contribution in [2.24, 2.45) is 0 Å². The maximum absolute atomic E-state index is 12.9. The molecule has 0 atom stereocenters. The number of fused-ring (bicyclic) bond motifs is 1. The van der Waals surface area contributed by atoms with Crippen molar-refractivity contribution in [3.8, 4) is 5.75 Å². The minimum atomic E-state index is -0.418. The lowest BCUT2D eigenvalue weighted by Gasteiger charge is -2.10.